The second-order valence-corrected chi connectivity index (χ2v) is 5.73. The maximum absolute atomic E-state index is 6.24. The fraction of sp³-hybridized carbons (Fsp3) is 0.200. The third-order valence-corrected chi connectivity index (χ3v) is 3.94. The van der Waals surface area contributed by atoms with Crippen LogP contribution in [0.25, 0.3) is 0 Å². The van der Waals surface area contributed by atoms with Crippen LogP contribution in [0.2, 0.25) is 5.02 Å². The van der Waals surface area contributed by atoms with Crippen LogP contribution < -0.4 is 11.3 Å². The van der Waals surface area contributed by atoms with Gasteiger partial charge in [-0.15, -0.1) is 0 Å². The molecule has 0 amide bonds. The summed E-state index contributed by atoms with van der Waals surface area (Å²) in [5.41, 5.74) is 5.17. The van der Waals surface area contributed by atoms with Gasteiger partial charge in [0.2, 0.25) is 0 Å². The van der Waals surface area contributed by atoms with E-state index < -0.39 is 0 Å². The fourth-order valence-electron chi connectivity index (χ4n) is 2.07. The molecule has 0 aliphatic carbocycles. The number of nitrogens with two attached hydrogens (primary N) is 1. The van der Waals surface area contributed by atoms with Crippen LogP contribution in [-0.2, 0) is 6.42 Å². The SMILES string of the molecule is NNC(CCc1ccccc1)c1cc(Br)ccc1Cl. The lowest BCUT2D eigenvalue weighted by Crippen LogP contribution is -2.28. The van der Waals surface area contributed by atoms with E-state index in [4.69, 9.17) is 17.4 Å². The summed E-state index contributed by atoms with van der Waals surface area (Å²) >= 11 is 9.70. The van der Waals surface area contributed by atoms with Crippen molar-refractivity contribution in [1.29, 1.82) is 0 Å². The minimum absolute atomic E-state index is 0.0465. The number of hydrogen-bond donors (Lipinski definition) is 2. The van der Waals surface area contributed by atoms with Crippen molar-refractivity contribution in [2.45, 2.75) is 18.9 Å². The average Bonchev–Trinajstić information content (AvgIpc) is 2.44. The highest BCUT2D eigenvalue weighted by Gasteiger charge is 2.13. The number of benzene rings is 2. The number of rotatable bonds is 5. The van der Waals surface area contributed by atoms with Crippen molar-refractivity contribution >= 4 is 27.5 Å². The Morgan fingerprint density at radius 1 is 1.16 bits per heavy atom. The van der Waals surface area contributed by atoms with Gasteiger partial charge in [-0.3, -0.25) is 11.3 Å². The van der Waals surface area contributed by atoms with Crippen LogP contribution in [0.5, 0.6) is 0 Å². The van der Waals surface area contributed by atoms with Crippen LogP contribution in [0.1, 0.15) is 23.6 Å². The van der Waals surface area contributed by atoms with Crippen molar-refractivity contribution in [3.8, 4) is 0 Å². The summed E-state index contributed by atoms with van der Waals surface area (Å²) in [7, 11) is 0. The fourth-order valence-corrected chi connectivity index (χ4v) is 2.69. The molecule has 0 saturated carbocycles. The van der Waals surface area contributed by atoms with Crippen LogP contribution >= 0.6 is 27.5 Å². The van der Waals surface area contributed by atoms with Crippen molar-refractivity contribution in [3.05, 3.63) is 69.2 Å². The summed E-state index contributed by atoms with van der Waals surface area (Å²) < 4.78 is 1.01. The molecule has 2 nitrogen and oxygen atoms in total. The lowest BCUT2D eigenvalue weighted by atomic mass is 9.99. The highest BCUT2D eigenvalue weighted by Crippen LogP contribution is 2.28. The van der Waals surface area contributed by atoms with E-state index >= 15 is 0 Å². The van der Waals surface area contributed by atoms with Gasteiger partial charge in [-0.05, 0) is 42.2 Å². The first kappa shape index (κ1) is 14.5. The zero-order chi connectivity index (χ0) is 13.7. The molecule has 4 heteroatoms. The molecule has 0 saturated heterocycles. The Bertz CT molecular complexity index is 531. The smallest absolute Gasteiger partial charge is 0.0478 e. The zero-order valence-corrected chi connectivity index (χ0v) is 12.8. The van der Waals surface area contributed by atoms with E-state index in [0.717, 1.165) is 27.9 Å². The predicted octanol–water partition coefficient (Wildman–Crippen LogP) is 4.24. The second-order valence-electron chi connectivity index (χ2n) is 4.41. The molecule has 0 aliphatic rings. The van der Waals surface area contributed by atoms with Gasteiger partial charge >= 0.3 is 0 Å². The van der Waals surface area contributed by atoms with E-state index in [1.54, 1.807) is 0 Å². The van der Waals surface area contributed by atoms with Crippen LogP contribution in [0.3, 0.4) is 0 Å². The van der Waals surface area contributed by atoms with Gasteiger partial charge < -0.3 is 0 Å². The van der Waals surface area contributed by atoms with Crippen LogP contribution in [0.15, 0.2) is 53.0 Å². The Morgan fingerprint density at radius 3 is 2.58 bits per heavy atom. The van der Waals surface area contributed by atoms with Gasteiger partial charge in [0.1, 0.15) is 0 Å². The predicted molar refractivity (Wildman–Crippen MR) is 84.0 cm³/mol. The highest BCUT2D eigenvalue weighted by molar-refractivity contribution is 9.10. The van der Waals surface area contributed by atoms with Gasteiger partial charge in [0.25, 0.3) is 0 Å². The van der Waals surface area contributed by atoms with E-state index in [9.17, 15) is 0 Å². The molecule has 0 fully saturated rings. The summed E-state index contributed by atoms with van der Waals surface area (Å²) in [6, 6.07) is 16.2. The topological polar surface area (TPSA) is 38.0 Å². The van der Waals surface area contributed by atoms with E-state index in [1.807, 2.05) is 36.4 Å². The minimum atomic E-state index is 0.0465. The normalized spacial score (nSPS) is 12.4. The molecule has 2 aromatic rings. The monoisotopic (exact) mass is 338 g/mol. The largest absolute Gasteiger partial charge is 0.271 e. The average molecular weight is 340 g/mol. The molecular formula is C15H16BrClN2. The molecular weight excluding hydrogens is 324 g/mol. The highest BCUT2D eigenvalue weighted by atomic mass is 79.9. The first-order valence-corrected chi connectivity index (χ1v) is 7.33. The van der Waals surface area contributed by atoms with E-state index in [2.05, 4.69) is 33.5 Å². The molecule has 19 heavy (non-hydrogen) atoms. The van der Waals surface area contributed by atoms with Crippen LogP contribution in [0, 0.1) is 0 Å². The van der Waals surface area contributed by atoms with Crippen molar-refractivity contribution < 1.29 is 0 Å². The standard InChI is InChI=1S/C15H16BrClN2/c16-12-7-8-14(17)13(10-12)15(19-18)9-6-11-4-2-1-3-5-11/h1-5,7-8,10,15,19H,6,9,18H2. The number of nitrogens with one attached hydrogen (secondary N) is 1. The number of hydrogen-bond acceptors (Lipinski definition) is 2. The molecule has 1 atom stereocenters. The number of halogens is 2. The van der Waals surface area contributed by atoms with E-state index in [1.165, 1.54) is 5.56 Å². The van der Waals surface area contributed by atoms with Gasteiger partial charge in [0, 0.05) is 15.5 Å². The number of hydrazine groups is 1. The van der Waals surface area contributed by atoms with Crippen molar-refractivity contribution in [1.82, 2.24) is 5.43 Å². The molecule has 0 aromatic heterocycles. The Balaban J connectivity index is 2.10. The molecule has 3 N–H and O–H groups in total. The van der Waals surface area contributed by atoms with Gasteiger partial charge in [-0.2, -0.15) is 0 Å². The summed E-state index contributed by atoms with van der Waals surface area (Å²) in [6.07, 6.45) is 1.86. The first-order chi connectivity index (χ1) is 9.20. The van der Waals surface area contributed by atoms with Crippen molar-refractivity contribution in [3.63, 3.8) is 0 Å². The Morgan fingerprint density at radius 2 is 1.89 bits per heavy atom. The molecule has 2 aromatic carbocycles. The van der Waals surface area contributed by atoms with Crippen LogP contribution in [-0.4, -0.2) is 0 Å². The Hall–Kier alpha value is -0.870. The second kappa shape index (κ2) is 7.06. The molecule has 0 spiro atoms. The summed E-state index contributed by atoms with van der Waals surface area (Å²) in [4.78, 5) is 0. The van der Waals surface area contributed by atoms with Crippen molar-refractivity contribution in [2.75, 3.05) is 0 Å². The lowest BCUT2D eigenvalue weighted by molar-refractivity contribution is 0.516. The third-order valence-electron chi connectivity index (χ3n) is 3.10. The summed E-state index contributed by atoms with van der Waals surface area (Å²) in [5, 5.41) is 0.735. The molecule has 2 rings (SSSR count). The zero-order valence-electron chi connectivity index (χ0n) is 10.4. The molecule has 0 aliphatic heterocycles. The Labute approximate surface area is 127 Å². The van der Waals surface area contributed by atoms with Gasteiger partial charge in [-0.1, -0.05) is 57.9 Å². The lowest BCUT2D eigenvalue weighted by Gasteiger charge is -2.18. The van der Waals surface area contributed by atoms with Gasteiger partial charge in [-0.25, -0.2) is 0 Å². The summed E-state index contributed by atoms with van der Waals surface area (Å²) in [6.45, 7) is 0. The maximum Gasteiger partial charge on any atom is 0.0478 e. The first-order valence-electron chi connectivity index (χ1n) is 6.15. The molecule has 0 heterocycles. The van der Waals surface area contributed by atoms with Gasteiger partial charge in [0.15, 0.2) is 0 Å². The maximum atomic E-state index is 6.24. The molecule has 0 bridgehead atoms. The summed E-state index contributed by atoms with van der Waals surface area (Å²) in [5.74, 6) is 5.66. The van der Waals surface area contributed by atoms with Gasteiger partial charge in [0.05, 0.1) is 0 Å². The molecule has 1 unspecified atom stereocenters. The minimum Gasteiger partial charge on any atom is -0.271 e. The van der Waals surface area contributed by atoms with E-state index in [-0.39, 0.29) is 6.04 Å². The molecule has 100 valence electrons. The molecule has 0 radical (unpaired) electrons. The Kier molecular flexibility index (Phi) is 5.40. The van der Waals surface area contributed by atoms with Crippen LogP contribution in [0.4, 0.5) is 0 Å². The van der Waals surface area contributed by atoms with Crippen molar-refractivity contribution in [2.24, 2.45) is 5.84 Å². The van der Waals surface area contributed by atoms with E-state index in [0.29, 0.717) is 0 Å². The quantitative estimate of drug-likeness (QED) is 0.631. The third kappa shape index (κ3) is 4.05. The number of aryl methyl sites for hydroxylation is 1.